The summed E-state index contributed by atoms with van der Waals surface area (Å²) in [7, 11) is 0. The van der Waals surface area contributed by atoms with Crippen LogP contribution in [0.15, 0.2) is 48.1 Å². The molecule has 0 aliphatic rings. The summed E-state index contributed by atoms with van der Waals surface area (Å²) < 4.78 is 13.7. The van der Waals surface area contributed by atoms with E-state index in [9.17, 15) is 4.39 Å². The molecule has 25 heavy (non-hydrogen) atoms. The molecule has 0 radical (unpaired) electrons. The number of rotatable bonds is 5. The Morgan fingerprint density at radius 3 is 2.92 bits per heavy atom. The Morgan fingerprint density at radius 2 is 2.16 bits per heavy atom. The smallest absolute Gasteiger partial charge is 0.189 e. The molecule has 0 aliphatic heterocycles. The van der Waals surface area contributed by atoms with Gasteiger partial charge in [0.25, 0.3) is 0 Å². The van der Waals surface area contributed by atoms with Crippen LogP contribution in [-0.4, -0.2) is 21.6 Å². The summed E-state index contributed by atoms with van der Waals surface area (Å²) in [4.78, 5) is 8.55. The molecule has 1 aromatic carbocycles. The second-order valence-corrected chi connectivity index (χ2v) is 6.78. The van der Waals surface area contributed by atoms with Crippen molar-refractivity contribution >= 4 is 45.4 Å². The molecule has 0 unspecified atom stereocenters. The van der Waals surface area contributed by atoms with E-state index >= 15 is 0 Å². The standard InChI is InChI=1S/C17H14ClFN4S2/c18-13-4-1-5-14(19)12(13)6-8-21-16(24)23-17-22-15(10-25-17)11-3-2-7-20-9-11/h1-5,7,9-10H,6,8H2,(H2,21,22,23,24). The second-order valence-electron chi connectivity index (χ2n) is 5.11. The molecule has 4 nitrogen and oxygen atoms in total. The molecule has 0 fully saturated rings. The minimum Gasteiger partial charge on any atom is -0.362 e. The number of anilines is 1. The van der Waals surface area contributed by atoms with Gasteiger partial charge in [-0.1, -0.05) is 17.7 Å². The molecule has 0 saturated heterocycles. The third kappa shape index (κ3) is 4.72. The third-order valence-corrected chi connectivity index (χ3v) is 4.76. The Kier molecular flexibility index (Phi) is 5.91. The summed E-state index contributed by atoms with van der Waals surface area (Å²) in [6.07, 6.45) is 3.91. The number of hydrogen-bond donors (Lipinski definition) is 2. The maximum atomic E-state index is 13.7. The van der Waals surface area contributed by atoms with Crippen LogP contribution in [0.3, 0.4) is 0 Å². The SMILES string of the molecule is Fc1cccc(Cl)c1CCNC(=S)Nc1nc(-c2cccnc2)cs1. The van der Waals surface area contributed by atoms with E-state index in [0.29, 0.717) is 33.8 Å². The molecular formula is C17H14ClFN4S2. The molecule has 2 aromatic heterocycles. The number of nitrogens with zero attached hydrogens (tertiary/aromatic N) is 2. The molecule has 3 rings (SSSR count). The van der Waals surface area contributed by atoms with Crippen LogP contribution in [0, 0.1) is 5.82 Å². The van der Waals surface area contributed by atoms with Gasteiger partial charge in [-0.25, -0.2) is 9.37 Å². The predicted molar refractivity (Wildman–Crippen MR) is 105 cm³/mol. The van der Waals surface area contributed by atoms with E-state index in [4.69, 9.17) is 23.8 Å². The molecule has 8 heteroatoms. The van der Waals surface area contributed by atoms with Gasteiger partial charge in [-0.3, -0.25) is 4.98 Å². The minimum absolute atomic E-state index is 0.311. The molecule has 3 aromatic rings. The Labute approximate surface area is 159 Å². The van der Waals surface area contributed by atoms with Gasteiger partial charge in [-0.2, -0.15) is 0 Å². The first kappa shape index (κ1) is 17.7. The van der Waals surface area contributed by atoms with Crippen molar-refractivity contribution < 1.29 is 4.39 Å². The zero-order chi connectivity index (χ0) is 17.6. The Morgan fingerprint density at radius 1 is 1.28 bits per heavy atom. The summed E-state index contributed by atoms with van der Waals surface area (Å²) >= 11 is 12.7. The van der Waals surface area contributed by atoms with E-state index in [1.807, 2.05) is 17.5 Å². The molecule has 0 amide bonds. The van der Waals surface area contributed by atoms with Gasteiger partial charge in [-0.05, 0) is 42.9 Å². The van der Waals surface area contributed by atoms with Crippen molar-refractivity contribution in [2.45, 2.75) is 6.42 Å². The van der Waals surface area contributed by atoms with Gasteiger partial charge in [-0.15, -0.1) is 11.3 Å². The Hall–Kier alpha value is -2.09. The van der Waals surface area contributed by atoms with Crippen molar-refractivity contribution in [3.63, 3.8) is 0 Å². The fraction of sp³-hybridized carbons (Fsp3) is 0.118. The molecule has 2 heterocycles. The van der Waals surface area contributed by atoms with Crippen LogP contribution in [0.25, 0.3) is 11.3 Å². The minimum atomic E-state index is -0.311. The van der Waals surface area contributed by atoms with Gasteiger partial charge < -0.3 is 10.6 Å². The zero-order valence-corrected chi connectivity index (χ0v) is 15.4. The number of benzene rings is 1. The van der Waals surface area contributed by atoms with E-state index in [-0.39, 0.29) is 5.82 Å². The molecule has 0 atom stereocenters. The number of halogens is 2. The molecule has 0 saturated carbocycles. The van der Waals surface area contributed by atoms with Crippen molar-refractivity contribution in [1.29, 1.82) is 0 Å². The van der Waals surface area contributed by atoms with Gasteiger partial charge in [0.15, 0.2) is 10.2 Å². The van der Waals surface area contributed by atoms with Crippen LogP contribution in [0.1, 0.15) is 5.56 Å². The maximum Gasteiger partial charge on any atom is 0.189 e. The van der Waals surface area contributed by atoms with Crippen molar-refractivity contribution in [2.75, 3.05) is 11.9 Å². The second kappa shape index (κ2) is 8.33. The Bertz CT molecular complexity index is 850. The fourth-order valence-corrected chi connectivity index (χ4v) is 3.44. The highest BCUT2D eigenvalue weighted by Crippen LogP contribution is 2.24. The van der Waals surface area contributed by atoms with E-state index < -0.39 is 0 Å². The highest BCUT2D eigenvalue weighted by molar-refractivity contribution is 7.80. The summed E-state index contributed by atoms with van der Waals surface area (Å²) in [5.41, 5.74) is 2.26. The van der Waals surface area contributed by atoms with Gasteiger partial charge in [0.05, 0.1) is 5.69 Å². The lowest BCUT2D eigenvalue weighted by Crippen LogP contribution is -2.30. The van der Waals surface area contributed by atoms with Crippen molar-refractivity contribution in [1.82, 2.24) is 15.3 Å². The number of thiazole rings is 1. The van der Waals surface area contributed by atoms with E-state index in [2.05, 4.69) is 20.6 Å². The number of pyridine rings is 1. The van der Waals surface area contributed by atoms with E-state index in [1.54, 1.807) is 24.5 Å². The van der Waals surface area contributed by atoms with Crippen LogP contribution >= 0.6 is 35.2 Å². The average Bonchev–Trinajstić information content (AvgIpc) is 3.07. The first-order chi connectivity index (χ1) is 12.1. The molecular weight excluding hydrogens is 379 g/mol. The average molecular weight is 393 g/mol. The topological polar surface area (TPSA) is 49.8 Å². The zero-order valence-electron chi connectivity index (χ0n) is 13.0. The summed E-state index contributed by atoms with van der Waals surface area (Å²) in [5, 5.41) is 9.52. The van der Waals surface area contributed by atoms with Crippen LogP contribution < -0.4 is 10.6 Å². The van der Waals surface area contributed by atoms with Crippen LogP contribution in [0.4, 0.5) is 9.52 Å². The highest BCUT2D eigenvalue weighted by atomic mass is 35.5. The largest absolute Gasteiger partial charge is 0.362 e. The van der Waals surface area contributed by atoms with Crippen LogP contribution in [-0.2, 0) is 6.42 Å². The van der Waals surface area contributed by atoms with Gasteiger partial charge in [0.1, 0.15) is 5.82 Å². The number of thiocarbonyl (C=S) groups is 1. The van der Waals surface area contributed by atoms with Crippen molar-refractivity contribution in [3.05, 3.63) is 64.5 Å². The summed E-state index contributed by atoms with van der Waals surface area (Å²) in [6, 6.07) is 8.46. The molecule has 0 bridgehead atoms. The van der Waals surface area contributed by atoms with E-state index in [1.165, 1.54) is 17.4 Å². The number of aromatic nitrogens is 2. The van der Waals surface area contributed by atoms with Gasteiger partial charge in [0.2, 0.25) is 0 Å². The van der Waals surface area contributed by atoms with Crippen molar-refractivity contribution in [2.24, 2.45) is 0 Å². The van der Waals surface area contributed by atoms with Crippen LogP contribution in [0.2, 0.25) is 5.02 Å². The first-order valence-electron chi connectivity index (χ1n) is 7.47. The lowest BCUT2D eigenvalue weighted by Gasteiger charge is -2.09. The fourth-order valence-electron chi connectivity index (χ4n) is 2.19. The maximum absolute atomic E-state index is 13.7. The monoisotopic (exact) mass is 392 g/mol. The molecule has 0 aliphatic carbocycles. The summed E-state index contributed by atoms with van der Waals surface area (Å²) in [5.74, 6) is -0.311. The predicted octanol–water partition coefficient (Wildman–Crippen LogP) is 4.53. The Balaban J connectivity index is 1.52. The van der Waals surface area contributed by atoms with Crippen LogP contribution in [0.5, 0.6) is 0 Å². The molecule has 128 valence electrons. The van der Waals surface area contributed by atoms with Gasteiger partial charge in [0, 0.05) is 40.5 Å². The number of nitrogens with one attached hydrogen (secondary N) is 2. The van der Waals surface area contributed by atoms with Gasteiger partial charge >= 0.3 is 0 Å². The lowest BCUT2D eigenvalue weighted by atomic mass is 10.1. The van der Waals surface area contributed by atoms with Crippen molar-refractivity contribution in [3.8, 4) is 11.3 Å². The highest BCUT2D eigenvalue weighted by Gasteiger charge is 2.08. The lowest BCUT2D eigenvalue weighted by molar-refractivity contribution is 0.607. The molecule has 0 spiro atoms. The number of hydrogen-bond acceptors (Lipinski definition) is 4. The molecule has 2 N–H and O–H groups in total. The first-order valence-corrected chi connectivity index (χ1v) is 9.14. The third-order valence-electron chi connectivity index (χ3n) is 3.40. The quantitative estimate of drug-likeness (QED) is 0.625. The van der Waals surface area contributed by atoms with E-state index in [0.717, 1.165) is 11.3 Å². The normalized spacial score (nSPS) is 10.5. The summed E-state index contributed by atoms with van der Waals surface area (Å²) in [6.45, 7) is 0.466.